The van der Waals surface area contributed by atoms with Crippen LogP contribution in [0.15, 0.2) is 42.5 Å². The number of benzene rings is 2. The van der Waals surface area contributed by atoms with Gasteiger partial charge in [-0.2, -0.15) is 0 Å². The third-order valence-electron chi connectivity index (χ3n) is 4.86. The number of hydrogen-bond acceptors (Lipinski definition) is 5. The lowest BCUT2D eigenvalue weighted by Gasteiger charge is -2.24. The van der Waals surface area contributed by atoms with Gasteiger partial charge in [-0.05, 0) is 63.3 Å². The molecule has 5 nitrogen and oxygen atoms in total. The predicted molar refractivity (Wildman–Crippen MR) is 114 cm³/mol. The normalized spacial score (nSPS) is 12.6. The van der Waals surface area contributed by atoms with Crippen molar-refractivity contribution in [3.05, 3.63) is 59.4 Å². The highest BCUT2D eigenvalue weighted by molar-refractivity contribution is 5.43. The van der Waals surface area contributed by atoms with E-state index in [4.69, 9.17) is 9.47 Å². The Morgan fingerprint density at radius 1 is 0.966 bits per heavy atom. The number of aliphatic hydroxyl groups is 1. The van der Waals surface area contributed by atoms with Gasteiger partial charge < -0.3 is 19.5 Å². The fourth-order valence-corrected chi connectivity index (χ4v) is 2.98. The highest BCUT2D eigenvalue weighted by atomic mass is 19.1. The minimum atomic E-state index is -0.575. The van der Waals surface area contributed by atoms with Crippen LogP contribution in [-0.2, 0) is 13.1 Å². The average molecular weight is 405 g/mol. The monoisotopic (exact) mass is 404 g/mol. The summed E-state index contributed by atoms with van der Waals surface area (Å²) in [6, 6.07) is 12.7. The molecule has 2 rings (SSSR count). The minimum absolute atomic E-state index is 0.206. The Balaban J connectivity index is 1.92. The molecule has 6 heteroatoms. The highest BCUT2D eigenvalue weighted by Crippen LogP contribution is 2.29. The van der Waals surface area contributed by atoms with Crippen molar-refractivity contribution in [1.29, 1.82) is 0 Å². The molecule has 0 aliphatic rings. The van der Waals surface area contributed by atoms with E-state index in [2.05, 4.69) is 23.6 Å². The molecule has 0 aliphatic carbocycles. The smallest absolute Gasteiger partial charge is 0.161 e. The van der Waals surface area contributed by atoms with Crippen molar-refractivity contribution in [2.24, 2.45) is 0 Å². The lowest BCUT2D eigenvalue weighted by molar-refractivity contribution is 0.0668. The number of hydrogen-bond donors (Lipinski definition) is 1. The van der Waals surface area contributed by atoms with Gasteiger partial charge in [0.05, 0.1) is 7.11 Å². The summed E-state index contributed by atoms with van der Waals surface area (Å²) in [7, 11) is 5.60. The Morgan fingerprint density at radius 3 is 2.21 bits per heavy atom. The molecule has 29 heavy (non-hydrogen) atoms. The lowest BCUT2D eigenvalue weighted by Crippen LogP contribution is -2.36. The molecule has 1 N–H and O–H groups in total. The number of nitrogens with zero attached hydrogens (tertiary/aromatic N) is 2. The quantitative estimate of drug-likeness (QED) is 0.621. The topological polar surface area (TPSA) is 45.2 Å². The summed E-state index contributed by atoms with van der Waals surface area (Å²) < 4.78 is 24.3. The van der Waals surface area contributed by atoms with E-state index in [1.54, 1.807) is 19.2 Å². The van der Waals surface area contributed by atoms with Gasteiger partial charge in [-0.25, -0.2) is 4.39 Å². The summed E-state index contributed by atoms with van der Waals surface area (Å²) in [5, 5.41) is 10.2. The lowest BCUT2D eigenvalue weighted by atomic mass is 10.1. The van der Waals surface area contributed by atoms with E-state index in [0.717, 1.165) is 24.2 Å². The molecule has 0 spiro atoms. The van der Waals surface area contributed by atoms with E-state index < -0.39 is 6.10 Å². The fourth-order valence-electron chi connectivity index (χ4n) is 2.98. The highest BCUT2D eigenvalue weighted by Gasteiger charge is 2.14. The van der Waals surface area contributed by atoms with Gasteiger partial charge in [0.1, 0.15) is 18.5 Å². The first-order valence-corrected chi connectivity index (χ1v) is 9.89. The average Bonchev–Trinajstić information content (AvgIpc) is 2.68. The van der Waals surface area contributed by atoms with Crippen molar-refractivity contribution in [2.45, 2.75) is 39.1 Å². The Bertz CT molecular complexity index is 752. The van der Waals surface area contributed by atoms with Gasteiger partial charge in [-0.1, -0.05) is 18.2 Å². The van der Waals surface area contributed by atoms with Crippen LogP contribution < -0.4 is 9.47 Å². The molecule has 0 unspecified atom stereocenters. The molecule has 0 bridgehead atoms. The van der Waals surface area contributed by atoms with E-state index in [-0.39, 0.29) is 12.4 Å². The summed E-state index contributed by atoms with van der Waals surface area (Å²) in [4.78, 5) is 4.22. The van der Waals surface area contributed by atoms with Gasteiger partial charge in [-0.15, -0.1) is 0 Å². The van der Waals surface area contributed by atoms with Crippen LogP contribution in [0.25, 0.3) is 0 Å². The van der Waals surface area contributed by atoms with Crippen molar-refractivity contribution in [3.8, 4) is 11.5 Å². The first-order chi connectivity index (χ1) is 13.8. The van der Waals surface area contributed by atoms with Gasteiger partial charge in [0.2, 0.25) is 0 Å². The summed E-state index contributed by atoms with van der Waals surface area (Å²) in [6.07, 6.45) is -0.575. The Kier molecular flexibility index (Phi) is 8.89. The molecule has 0 fully saturated rings. The molecule has 0 aliphatic heterocycles. The van der Waals surface area contributed by atoms with Gasteiger partial charge in [0, 0.05) is 25.7 Å². The van der Waals surface area contributed by atoms with Gasteiger partial charge in [0.15, 0.2) is 11.5 Å². The van der Waals surface area contributed by atoms with E-state index >= 15 is 0 Å². The molecule has 0 heterocycles. The zero-order valence-electron chi connectivity index (χ0n) is 18.1. The molecule has 0 aromatic heterocycles. The number of rotatable bonds is 11. The second kappa shape index (κ2) is 11.1. The van der Waals surface area contributed by atoms with Crippen molar-refractivity contribution in [2.75, 3.05) is 34.4 Å². The van der Waals surface area contributed by atoms with Crippen molar-refractivity contribution >= 4 is 0 Å². The fraction of sp³-hybridized carbons (Fsp3) is 0.478. The van der Waals surface area contributed by atoms with E-state index in [1.165, 1.54) is 12.1 Å². The molecule has 0 saturated carbocycles. The largest absolute Gasteiger partial charge is 0.493 e. The molecule has 2 aromatic rings. The summed E-state index contributed by atoms with van der Waals surface area (Å²) in [6.45, 7) is 6.36. The van der Waals surface area contributed by atoms with Crippen LogP contribution in [0.3, 0.4) is 0 Å². The van der Waals surface area contributed by atoms with Gasteiger partial charge in [0.25, 0.3) is 0 Å². The maximum absolute atomic E-state index is 13.0. The maximum atomic E-state index is 13.0. The second-order valence-corrected chi connectivity index (χ2v) is 7.78. The third-order valence-corrected chi connectivity index (χ3v) is 4.86. The summed E-state index contributed by atoms with van der Waals surface area (Å²) >= 11 is 0. The van der Waals surface area contributed by atoms with Crippen molar-refractivity contribution in [3.63, 3.8) is 0 Å². The molecule has 2 aromatic carbocycles. The third kappa shape index (κ3) is 7.65. The van der Waals surface area contributed by atoms with Crippen LogP contribution in [0, 0.1) is 5.82 Å². The summed E-state index contributed by atoms with van der Waals surface area (Å²) in [5.74, 6) is 1.03. The van der Waals surface area contributed by atoms with Crippen LogP contribution >= 0.6 is 0 Å². The number of halogens is 1. The molecule has 0 amide bonds. The van der Waals surface area contributed by atoms with Crippen LogP contribution in [0.2, 0.25) is 0 Å². The second-order valence-electron chi connectivity index (χ2n) is 7.78. The molecule has 0 radical (unpaired) electrons. The van der Waals surface area contributed by atoms with E-state index in [9.17, 15) is 9.50 Å². The standard InChI is InChI=1S/C23H33FN2O3/c1-17(2)26(4)15-21(27)16-29-22-11-8-19(12-23(22)28-5)14-25(3)13-18-6-9-20(24)10-7-18/h6-12,17,21,27H,13-16H2,1-5H3/t21-/m1/s1. The Labute approximate surface area is 173 Å². The Hall–Kier alpha value is -2.15. The molecule has 1 atom stereocenters. The van der Waals surface area contributed by atoms with E-state index in [1.807, 2.05) is 32.3 Å². The Morgan fingerprint density at radius 2 is 1.59 bits per heavy atom. The molecular formula is C23H33FN2O3. The first kappa shape index (κ1) is 23.1. The van der Waals surface area contributed by atoms with Crippen molar-refractivity contribution in [1.82, 2.24) is 9.80 Å². The first-order valence-electron chi connectivity index (χ1n) is 9.89. The van der Waals surface area contributed by atoms with E-state index in [0.29, 0.717) is 24.1 Å². The zero-order chi connectivity index (χ0) is 21.4. The number of aliphatic hydroxyl groups excluding tert-OH is 1. The van der Waals surface area contributed by atoms with Crippen molar-refractivity contribution < 1.29 is 19.0 Å². The van der Waals surface area contributed by atoms with Crippen LogP contribution in [0.5, 0.6) is 11.5 Å². The maximum Gasteiger partial charge on any atom is 0.161 e. The minimum Gasteiger partial charge on any atom is -0.493 e. The van der Waals surface area contributed by atoms with Gasteiger partial charge >= 0.3 is 0 Å². The summed E-state index contributed by atoms with van der Waals surface area (Å²) in [5.41, 5.74) is 2.14. The van der Waals surface area contributed by atoms with Crippen LogP contribution in [-0.4, -0.2) is 61.4 Å². The number of likely N-dealkylation sites (N-methyl/N-ethyl adjacent to an activating group) is 1. The predicted octanol–water partition coefficient (Wildman–Crippen LogP) is 3.55. The number of ether oxygens (including phenoxy) is 2. The van der Waals surface area contributed by atoms with Crippen LogP contribution in [0.1, 0.15) is 25.0 Å². The molecular weight excluding hydrogens is 371 g/mol. The molecule has 0 saturated heterocycles. The number of methoxy groups -OCH3 is 1. The van der Waals surface area contributed by atoms with Gasteiger partial charge in [-0.3, -0.25) is 4.90 Å². The molecule has 160 valence electrons. The van der Waals surface area contributed by atoms with Crippen LogP contribution in [0.4, 0.5) is 4.39 Å². The zero-order valence-corrected chi connectivity index (χ0v) is 18.1. The SMILES string of the molecule is COc1cc(CN(C)Cc2ccc(F)cc2)ccc1OC[C@H](O)CN(C)C(C)C.